The molecule has 0 aromatic carbocycles. The number of nitrogens with zero attached hydrogens (tertiary/aromatic N) is 2. The predicted molar refractivity (Wildman–Crippen MR) is 72.0 cm³/mol. The van der Waals surface area contributed by atoms with E-state index in [-0.39, 0.29) is 11.6 Å². The molecule has 1 heterocycles. The Morgan fingerprint density at radius 1 is 1.44 bits per heavy atom. The lowest BCUT2D eigenvalue weighted by atomic mass is 9.99. The first kappa shape index (κ1) is 14.7. The van der Waals surface area contributed by atoms with E-state index in [2.05, 4.69) is 31.2 Å². The molecular formula is C13H23N3O2. The topological polar surface area (TPSA) is 56.1 Å². The van der Waals surface area contributed by atoms with Crippen LogP contribution in [0.25, 0.3) is 0 Å². The lowest BCUT2D eigenvalue weighted by molar-refractivity contribution is 0.306. The van der Waals surface area contributed by atoms with Crippen LogP contribution in [-0.4, -0.2) is 29.5 Å². The summed E-state index contributed by atoms with van der Waals surface area (Å²) in [5.41, 5.74) is -0.0954. The summed E-state index contributed by atoms with van der Waals surface area (Å²) in [6, 6.07) is 3.33. The molecule has 0 fully saturated rings. The van der Waals surface area contributed by atoms with E-state index in [9.17, 15) is 4.79 Å². The molecule has 1 aromatic rings. The highest BCUT2D eigenvalue weighted by atomic mass is 16.5. The predicted octanol–water partition coefficient (Wildman–Crippen LogP) is 1.28. The number of nitrogens with one attached hydrogen (secondary N) is 1. The van der Waals surface area contributed by atoms with Crippen molar-refractivity contribution in [2.75, 3.05) is 13.7 Å². The molecule has 5 nitrogen and oxygen atoms in total. The zero-order valence-corrected chi connectivity index (χ0v) is 11.6. The van der Waals surface area contributed by atoms with Crippen molar-refractivity contribution in [1.82, 2.24) is 15.1 Å². The molecule has 0 saturated heterocycles. The average molecular weight is 253 g/mol. The van der Waals surface area contributed by atoms with Crippen molar-refractivity contribution in [3.8, 4) is 5.88 Å². The summed E-state index contributed by atoms with van der Waals surface area (Å²) in [6.45, 7) is 7.85. The minimum Gasteiger partial charge on any atom is -0.480 e. The maximum Gasteiger partial charge on any atom is 0.267 e. The van der Waals surface area contributed by atoms with E-state index in [0.29, 0.717) is 18.3 Å². The number of likely N-dealkylation sites (N-methyl/N-ethyl adjacent to an activating group) is 1. The van der Waals surface area contributed by atoms with Gasteiger partial charge in [-0.3, -0.25) is 4.79 Å². The highest BCUT2D eigenvalue weighted by molar-refractivity contribution is 5.06. The molecule has 0 aliphatic heterocycles. The SMILES string of the molecule is CCNC(Cn1nc(OC)ccc1=O)C(C)CC. The van der Waals surface area contributed by atoms with Gasteiger partial charge in [-0.1, -0.05) is 27.2 Å². The second kappa shape index (κ2) is 7.16. The van der Waals surface area contributed by atoms with E-state index < -0.39 is 0 Å². The van der Waals surface area contributed by atoms with Gasteiger partial charge < -0.3 is 10.1 Å². The van der Waals surface area contributed by atoms with Gasteiger partial charge in [-0.15, -0.1) is 5.10 Å². The molecule has 0 amide bonds. The molecule has 2 atom stereocenters. The fourth-order valence-electron chi connectivity index (χ4n) is 1.85. The Labute approximate surface area is 108 Å². The van der Waals surface area contributed by atoms with Gasteiger partial charge in [0.05, 0.1) is 13.7 Å². The van der Waals surface area contributed by atoms with Crippen molar-refractivity contribution in [3.63, 3.8) is 0 Å². The maximum atomic E-state index is 11.8. The van der Waals surface area contributed by atoms with Crippen LogP contribution in [0.4, 0.5) is 0 Å². The number of rotatable bonds is 7. The summed E-state index contributed by atoms with van der Waals surface area (Å²) in [5.74, 6) is 0.957. The molecule has 0 bridgehead atoms. The summed E-state index contributed by atoms with van der Waals surface area (Å²) < 4.78 is 6.52. The largest absolute Gasteiger partial charge is 0.480 e. The fraction of sp³-hybridized carbons (Fsp3) is 0.692. The summed E-state index contributed by atoms with van der Waals surface area (Å²) in [4.78, 5) is 11.8. The fourth-order valence-corrected chi connectivity index (χ4v) is 1.85. The van der Waals surface area contributed by atoms with E-state index >= 15 is 0 Å². The Morgan fingerprint density at radius 2 is 2.17 bits per heavy atom. The van der Waals surface area contributed by atoms with E-state index in [4.69, 9.17) is 4.74 Å². The molecule has 5 heteroatoms. The van der Waals surface area contributed by atoms with Crippen molar-refractivity contribution in [2.24, 2.45) is 5.92 Å². The summed E-state index contributed by atoms with van der Waals surface area (Å²) in [5, 5.41) is 7.58. The first-order valence-electron chi connectivity index (χ1n) is 6.47. The monoisotopic (exact) mass is 253 g/mol. The van der Waals surface area contributed by atoms with Gasteiger partial charge in [-0.2, -0.15) is 0 Å². The lowest BCUT2D eigenvalue weighted by Crippen LogP contribution is -2.41. The molecule has 102 valence electrons. The third-order valence-corrected chi connectivity index (χ3v) is 3.22. The van der Waals surface area contributed by atoms with Crippen LogP contribution in [0.2, 0.25) is 0 Å². The molecule has 0 radical (unpaired) electrons. The van der Waals surface area contributed by atoms with Crippen LogP contribution in [0.3, 0.4) is 0 Å². The van der Waals surface area contributed by atoms with Crippen LogP contribution in [0.5, 0.6) is 5.88 Å². The van der Waals surface area contributed by atoms with Gasteiger partial charge in [0.2, 0.25) is 5.88 Å². The maximum absolute atomic E-state index is 11.8. The highest BCUT2D eigenvalue weighted by Gasteiger charge is 2.16. The molecular weight excluding hydrogens is 230 g/mol. The molecule has 1 N–H and O–H groups in total. The normalized spacial score (nSPS) is 14.2. The van der Waals surface area contributed by atoms with Crippen molar-refractivity contribution < 1.29 is 4.74 Å². The Hall–Kier alpha value is -1.36. The van der Waals surface area contributed by atoms with Crippen LogP contribution in [-0.2, 0) is 6.54 Å². The van der Waals surface area contributed by atoms with Crippen molar-refractivity contribution in [3.05, 3.63) is 22.5 Å². The standard InChI is InChI=1S/C13H23N3O2/c1-5-10(3)11(14-6-2)9-16-13(17)8-7-12(15-16)18-4/h7-8,10-11,14H,5-6,9H2,1-4H3. The smallest absolute Gasteiger partial charge is 0.267 e. The van der Waals surface area contributed by atoms with Crippen molar-refractivity contribution in [1.29, 1.82) is 0 Å². The minimum atomic E-state index is -0.0954. The Bertz CT molecular complexity index is 417. The number of hydrogen-bond acceptors (Lipinski definition) is 4. The quantitative estimate of drug-likeness (QED) is 0.795. The minimum absolute atomic E-state index is 0.0954. The molecule has 0 aliphatic rings. The Balaban J connectivity index is 2.88. The number of ether oxygens (including phenoxy) is 1. The first-order valence-corrected chi connectivity index (χ1v) is 6.47. The first-order chi connectivity index (χ1) is 8.62. The summed E-state index contributed by atoms with van der Waals surface area (Å²) >= 11 is 0. The summed E-state index contributed by atoms with van der Waals surface area (Å²) in [6.07, 6.45) is 1.07. The van der Waals surface area contributed by atoms with Gasteiger partial charge in [0.15, 0.2) is 0 Å². The third-order valence-electron chi connectivity index (χ3n) is 3.22. The highest BCUT2D eigenvalue weighted by Crippen LogP contribution is 2.09. The molecule has 0 spiro atoms. The van der Waals surface area contributed by atoms with Crippen LogP contribution >= 0.6 is 0 Å². The van der Waals surface area contributed by atoms with Gasteiger partial charge in [-0.05, 0) is 12.5 Å². The molecule has 18 heavy (non-hydrogen) atoms. The number of methoxy groups -OCH3 is 1. The van der Waals surface area contributed by atoms with E-state index in [1.165, 1.54) is 10.7 Å². The zero-order valence-electron chi connectivity index (χ0n) is 11.6. The van der Waals surface area contributed by atoms with E-state index in [0.717, 1.165) is 13.0 Å². The van der Waals surface area contributed by atoms with Crippen molar-refractivity contribution >= 4 is 0 Å². The van der Waals surface area contributed by atoms with Crippen LogP contribution in [0.1, 0.15) is 27.2 Å². The van der Waals surface area contributed by atoms with Gasteiger partial charge in [0.1, 0.15) is 0 Å². The van der Waals surface area contributed by atoms with Crippen LogP contribution < -0.4 is 15.6 Å². The molecule has 1 aromatic heterocycles. The van der Waals surface area contributed by atoms with Gasteiger partial charge in [0.25, 0.3) is 5.56 Å². The molecule has 2 unspecified atom stereocenters. The van der Waals surface area contributed by atoms with E-state index in [1.54, 1.807) is 13.2 Å². The van der Waals surface area contributed by atoms with Crippen LogP contribution in [0, 0.1) is 5.92 Å². The lowest BCUT2D eigenvalue weighted by Gasteiger charge is -2.24. The zero-order chi connectivity index (χ0) is 13.5. The molecule has 0 aliphatic carbocycles. The number of hydrogen-bond donors (Lipinski definition) is 1. The second-order valence-electron chi connectivity index (χ2n) is 4.45. The van der Waals surface area contributed by atoms with Gasteiger partial charge >= 0.3 is 0 Å². The Kier molecular flexibility index (Phi) is 5.85. The molecule has 1 rings (SSSR count). The second-order valence-corrected chi connectivity index (χ2v) is 4.45. The number of aromatic nitrogens is 2. The van der Waals surface area contributed by atoms with Gasteiger partial charge in [0, 0.05) is 18.2 Å². The van der Waals surface area contributed by atoms with Crippen LogP contribution in [0.15, 0.2) is 16.9 Å². The van der Waals surface area contributed by atoms with Gasteiger partial charge in [-0.25, -0.2) is 4.68 Å². The Morgan fingerprint density at radius 3 is 2.72 bits per heavy atom. The van der Waals surface area contributed by atoms with Crippen molar-refractivity contribution in [2.45, 2.75) is 39.8 Å². The summed E-state index contributed by atoms with van der Waals surface area (Å²) in [7, 11) is 1.55. The average Bonchev–Trinajstić information content (AvgIpc) is 2.39. The third kappa shape index (κ3) is 3.84. The van der Waals surface area contributed by atoms with E-state index in [1.807, 2.05) is 0 Å². The molecule has 0 saturated carbocycles.